The Labute approximate surface area is 137 Å². The standard InChI is InChI=1S/C18H17N3OS/c22-23(18-10-14-6-4-5-7-15(14)11-18)13-17-12-19-20-21(17)16-8-2-1-3-9-16/h1-9,12,18H,10-11,13H2. The van der Waals surface area contributed by atoms with E-state index in [0.29, 0.717) is 5.75 Å². The molecule has 1 heterocycles. The lowest BCUT2D eigenvalue weighted by Gasteiger charge is -2.10. The summed E-state index contributed by atoms with van der Waals surface area (Å²) in [5, 5.41) is 8.32. The van der Waals surface area contributed by atoms with Crippen molar-refractivity contribution in [3.63, 3.8) is 0 Å². The number of fused-ring (bicyclic) bond motifs is 1. The molecule has 0 saturated carbocycles. The van der Waals surface area contributed by atoms with Gasteiger partial charge in [0.05, 0.1) is 23.3 Å². The van der Waals surface area contributed by atoms with Crippen LogP contribution in [0, 0.1) is 0 Å². The minimum atomic E-state index is -0.936. The highest BCUT2D eigenvalue weighted by Gasteiger charge is 2.26. The zero-order valence-electron chi connectivity index (χ0n) is 12.6. The van der Waals surface area contributed by atoms with E-state index < -0.39 is 10.8 Å². The average molecular weight is 323 g/mol. The number of hydrogen-bond acceptors (Lipinski definition) is 3. The molecule has 2 aromatic carbocycles. The van der Waals surface area contributed by atoms with E-state index >= 15 is 0 Å². The predicted molar refractivity (Wildman–Crippen MR) is 90.8 cm³/mol. The minimum absolute atomic E-state index is 0.187. The first-order valence-electron chi connectivity index (χ1n) is 7.70. The van der Waals surface area contributed by atoms with Gasteiger partial charge in [-0.3, -0.25) is 4.21 Å². The van der Waals surface area contributed by atoms with Gasteiger partial charge in [-0.05, 0) is 36.1 Å². The maximum Gasteiger partial charge on any atom is 0.0770 e. The van der Waals surface area contributed by atoms with E-state index in [-0.39, 0.29) is 5.25 Å². The maximum absolute atomic E-state index is 12.8. The molecule has 1 unspecified atom stereocenters. The van der Waals surface area contributed by atoms with E-state index in [9.17, 15) is 4.21 Å². The Hall–Kier alpha value is -2.27. The second-order valence-electron chi connectivity index (χ2n) is 5.80. The summed E-state index contributed by atoms with van der Waals surface area (Å²) in [5.74, 6) is 0.487. The summed E-state index contributed by atoms with van der Waals surface area (Å²) in [4.78, 5) is 0. The topological polar surface area (TPSA) is 47.8 Å². The van der Waals surface area contributed by atoms with Gasteiger partial charge < -0.3 is 0 Å². The maximum atomic E-state index is 12.8. The molecule has 3 aromatic rings. The van der Waals surface area contributed by atoms with Gasteiger partial charge in [-0.2, -0.15) is 0 Å². The summed E-state index contributed by atoms with van der Waals surface area (Å²) in [6.45, 7) is 0. The van der Waals surface area contributed by atoms with E-state index in [0.717, 1.165) is 24.2 Å². The smallest absolute Gasteiger partial charge is 0.0770 e. The van der Waals surface area contributed by atoms with Crippen molar-refractivity contribution in [1.82, 2.24) is 15.0 Å². The number of rotatable bonds is 4. The van der Waals surface area contributed by atoms with E-state index in [4.69, 9.17) is 0 Å². The molecule has 0 spiro atoms. The van der Waals surface area contributed by atoms with Gasteiger partial charge in [0.2, 0.25) is 0 Å². The van der Waals surface area contributed by atoms with Crippen molar-refractivity contribution >= 4 is 10.8 Å². The number of aromatic nitrogens is 3. The van der Waals surface area contributed by atoms with Gasteiger partial charge in [-0.25, -0.2) is 4.68 Å². The number of benzene rings is 2. The van der Waals surface area contributed by atoms with Crippen molar-refractivity contribution in [2.24, 2.45) is 0 Å². The van der Waals surface area contributed by atoms with Gasteiger partial charge in [0.1, 0.15) is 0 Å². The van der Waals surface area contributed by atoms with Crippen LogP contribution in [0.15, 0.2) is 60.8 Å². The molecule has 0 amide bonds. The molecule has 116 valence electrons. The van der Waals surface area contributed by atoms with Crippen LogP contribution < -0.4 is 0 Å². The summed E-state index contributed by atoms with van der Waals surface area (Å²) in [6, 6.07) is 18.2. The quantitative estimate of drug-likeness (QED) is 0.742. The molecular formula is C18H17N3OS. The third-order valence-electron chi connectivity index (χ3n) is 4.30. The van der Waals surface area contributed by atoms with Crippen LogP contribution in [0.2, 0.25) is 0 Å². The van der Waals surface area contributed by atoms with E-state index in [1.165, 1.54) is 11.1 Å². The highest BCUT2D eigenvalue weighted by molar-refractivity contribution is 7.84. The van der Waals surface area contributed by atoms with Crippen LogP contribution in [0.5, 0.6) is 0 Å². The molecule has 1 aromatic heterocycles. The Morgan fingerprint density at radius 3 is 2.35 bits per heavy atom. The molecule has 4 rings (SSSR count). The minimum Gasteiger partial charge on any atom is -0.259 e. The van der Waals surface area contributed by atoms with E-state index in [1.54, 1.807) is 10.9 Å². The number of hydrogen-bond donors (Lipinski definition) is 0. The normalized spacial score (nSPS) is 15.5. The number of nitrogens with zero attached hydrogens (tertiary/aromatic N) is 3. The van der Waals surface area contributed by atoms with Crippen molar-refractivity contribution in [3.05, 3.63) is 77.6 Å². The van der Waals surface area contributed by atoms with Crippen LogP contribution in [0.1, 0.15) is 16.8 Å². The molecule has 23 heavy (non-hydrogen) atoms. The Balaban J connectivity index is 1.52. The fraction of sp³-hybridized carbons (Fsp3) is 0.222. The summed E-state index contributed by atoms with van der Waals surface area (Å²) >= 11 is 0. The average Bonchev–Trinajstić information content (AvgIpc) is 3.22. The monoisotopic (exact) mass is 323 g/mol. The van der Waals surface area contributed by atoms with Crippen molar-refractivity contribution in [3.8, 4) is 5.69 Å². The van der Waals surface area contributed by atoms with Crippen LogP contribution in [0.4, 0.5) is 0 Å². The largest absolute Gasteiger partial charge is 0.259 e. The Kier molecular flexibility index (Phi) is 3.79. The summed E-state index contributed by atoms with van der Waals surface area (Å²) in [5.41, 5.74) is 4.51. The van der Waals surface area contributed by atoms with Crippen LogP contribution in [0.3, 0.4) is 0 Å². The highest BCUT2D eigenvalue weighted by atomic mass is 32.2. The summed E-state index contributed by atoms with van der Waals surface area (Å²) in [6.07, 6.45) is 3.51. The summed E-state index contributed by atoms with van der Waals surface area (Å²) in [7, 11) is -0.936. The Morgan fingerprint density at radius 1 is 1.00 bits per heavy atom. The SMILES string of the molecule is O=S(Cc1cnnn1-c1ccccc1)C1Cc2ccccc2C1. The van der Waals surface area contributed by atoms with Crippen molar-refractivity contribution in [2.45, 2.75) is 23.8 Å². The fourth-order valence-corrected chi connectivity index (χ4v) is 4.56. The van der Waals surface area contributed by atoms with Crippen LogP contribution in [0.25, 0.3) is 5.69 Å². The van der Waals surface area contributed by atoms with Crippen molar-refractivity contribution in [1.29, 1.82) is 0 Å². The van der Waals surface area contributed by atoms with E-state index in [1.807, 2.05) is 30.3 Å². The first-order chi connectivity index (χ1) is 11.3. The lowest BCUT2D eigenvalue weighted by molar-refractivity contribution is 0.667. The fourth-order valence-electron chi connectivity index (χ4n) is 3.11. The molecule has 0 radical (unpaired) electrons. The van der Waals surface area contributed by atoms with Crippen molar-refractivity contribution < 1.29 is 4.21 Å². The Morgan fingerprint density at radius 2 is 1.65 bits per heavy atom. The lowest BCUT2D eigenvalue weighted by Crippen LogP contribution is -2.18. The van der Waals surface area contributed by atoms with Gasteiger partial charge in [0.15, 0.2) is 0 Å². The number of para-hydroxylation sites is 1. The second-order valence-corrected chi connectivity index (χ2v) is 7.51. The molecule has 0 fully saturated rings. The molecule has 1 atom stereocenters. The van der Waals surface area contributed by atoms with E-state index in [2.05, 4.69) is 34.6 Å². The Bertz CT molecular complexity index is 819. The first-order valence-corrected chi connectivity index (χ1v) is 9.08. The zero-order chi connectivity index (χ0) is 15.6. The van der Waals surface area contributed by atoms with Crippen LogP contribution >= 0.6 is 0 Å². The molecule has 5 heteroatoms. The van der Waals surface area contributed by atoms with Crippen LogP contribution in [-0.4, -0.2) is 24.5 Å². The van der Waals surface area contributed by atoms with Crippen LogP contribution in [-0.2, 0) is 29.4 Å². The van der Waals surface area contributed by atoms with Gasteiger partial charge >= 0.3 is 0 Å². The summed E-state index contributed by atoms with van der Waals surface area (Å²) < 4.78 is 14.6. The predicted octanol–water partition coefficient (Wildman–Crippen LogP) is 2.68. The van der Waals surface area contributed by atoms with Gasteiger partial charge in [-0.1, -0.05) is 47.7 Å². The molecule has 0 bridgehead atoms. The lowest BCUT2D eigenvalue weighted by atomic mass is 10.1. The van der Waals surface area contributed by atoms with Gasteiger partial charge in [-0.15, -0.1) is 5.10 Å². The molecule has 0 N–H and O–H groups in total. The third kappa shape index (κ3) is 2.84. The highest BCUT2D eigenvalue weighted by Crippen LogP contribution is 2.26. The second kappa shape index (κ2) is 6.08. The van der Waals surface area contributed by atoms with Gasteiger partial charge in [0, 0.05) is 16.0 Å². The van der Waals surface area contributed by atoms with Gasteiger partial charge in [0.25, 0.3) is 0 Å². The van der Waals surface area contributed by atoms with Crippen molar-refractivity contribution in [2.75, 3.05) is 0 Å². The molecule has 0 aliphatic heterocycles. The first kappa shape index (κ1) is 14.3. The third-order valence-corrected chi connectivity index (χ3v) is 5.95. The molecule has 1 aliphatic rings. The molecule has 1 aliphatic carbocycles. The molecule has 0 saturated heterocycles. The molecular weight excluding hydrogens is 306 g/mol. The molecule has 4 nitrogen and oxygen atoms in total. The zero-order valence-corrected chi connectivity index (χ0v) is 13.4.